The normalized spacial score (nSPS) is 19.8. The molecule has 1 heterocycles. The Morgan fingerprint density at radius 3 is 2.35 bits per heavy atom. The standard InChI is InChI=1S/C12H25N3O2/c1-11(2,3)15-10(16)14-9-12(13-4)5-7-17-8-6-12/h13H,5-9H2,1-4H3,(H2,14,15,16). The molecule has 0 aromatic carbocycles. The van der Waals surface area contributed by atoms with Gasteiger partial charge in [0.2, 0.25) is 0 Å². The lowest BCUT2D eigenvalue weighted by atomic mass is 9.90. The molecule has 5 heteroatoms. The minimum absolute atomic E-state index is 0.0204. The summed E-state index contributed by atoms with van der Waals surface area (Å²) in [6.45, 7) is 8.04. The van der Waals surface area contributed by atoms with Crippen molar-refractivity contribution in [1.29, 1.82) is 0 Å². The third-order valence-electron chi connectivity index (χ3n) is 3.06. The summed E-state index contributed by atoms with van der Waals surface area (Å²) in [4.78, 5) is 11.7. The number of carbonyl (C=O) groups excluding carboxylic acids is 1. The molecule has 0 atom stereocenters. The van der Waals surface area contributed by atoms with Gasteiger partial charge in [-0.2, -0.15) is 0 Å². The summed E-state index contributed by atoms with van der Waals surface area (Å²) in [5, 5.41) is 9.14. The van der Waals surface area contributed by atoms with Crippen molar-refractivity contribution in [3.63, 3.8) is 0 Å². The summed E-state index contributed by atoms with van der Waals surface area (Å²) in [7, 11) is 1.94. The van der Waals surface area contributed by atoms with Crippen molar-refractivity contribution in [3.05, 3.63) is 0 Å². The van der Waals surface area contributed by atoms with Crippen molar-refractivity contribution < 1.29 is 9.53 Å². The fourth-order valence-corrected chi connectivity index (χ4v) is 1.91. The first-order valence-corrected chi connectivity index (χ1v) is 6.20. The Morgan fingerprint density at radius 1 is 1.29 bits per heavy atom. The summed E-state index contributed by atoms with van der Waals surface area (Å²) in [5.41, 5.74) is -0.222. The van der Waals surface area contributed by atoms with Crippen LogP contribution in [0.15, 0.2) is 0 Å². The molecule has 0 aromatic rings. The summed E-state index contributed by atoms with van der Waals surface area (Å²) in [5.74, 6) is 0. The molecule has 0 aromatic heterocycles. The molecule has 0 radical (unpaired) electrons. The number of hydrogen-bond acceptors (Lipinski definition) is 3. The Kier molecular flexibility index (Phi) is 4.77. The van der Waals surface area contributed by atoms with E-state index in [1.165, 1.54) is 0 Å². The highest BCUT2D eigenvalue weighted by Gasteiger charge is 2.31. The van der Waals surface area contributed by atoms with Crippen molar-refractivity contribution in [2.75, 3.05) is 26.8 Å². The molecule has 1 fully saturated rings. The Labute approximate surface area is 104 Å². The maximum absolute atomic E-state index is 11.7. The zero-order valence-electron chi connectivity index (χ0n) is 11.4. The van der Waals surface area contributed by atoms with Crippen molar-refractivity contribution in [3.8, 4) is 0 Å². The average molecular weight is 243 g/mol. The van der Waals surface area contributed by atoms with Crippen LogP contribution in [0.4, 0.5) is 4.79 Å². The van der Waals surface area contributed by atoms with Gasteiger partial charge in [0.25, 0.3) is 0 Å². The van der Waals surface area contributed by atoms with Gasteiger partial charge in [0, 0.05) is 30.8 Å². The second kappa shape index (κ2) is 5.69. The zero-order valence-corrected chi connectivity index (χ0v) is 11.4. The highest BCUT2D eigenvalue weighted by atomic mass is 16.5. The smallest absolute Gasteiger partial charge is 0.315 e. The average Bonchev–Trinajstić information content (AvgIpc) is 2.25. The minimum Gasteiger partial charge on any atom is -0.381 e. The van der Waals surface area contributed by atoms with E-state index in [-0.39, 0.29) is 17.1 Å². The molecule has 5 nitrogen and oxygen atoms in total. The van der Waals surface area contributed by atoms with Crippen LogP contribution in [0, 0.1) is 0 Å². The molecule has 0 spiro atoms. The van der Waals surface area contributed by atoms with Crippen LogP contribution in [-0.2, 0) is 4.74 Å². The van der Waals surface area contributed by atoms with E-state index in [2.05, 4.69) is 16.0 Å². The molecule has 1 rings (SSSR count). The number of hydrogen-bond donors (Lipinski definition) is 3. The van der Waals surface area contributed by atoms with E-state index in [9.17, 15) is 4.79 Å². The maximum Gasteiger partial charge on any atom is 0.315 e. The second-order valence-corrected chi connectivity index (χ2v) is 5.70. The van der Waals surface area contributed by atoms with Crippen molar-refractivity contribution in [2.24, 2.45) is 0 Å². The highest BCUT2D eigenvalue weighted by molar-refractivity contribution is 5.74. The molecule has 0 bridgehead atoms. The van der Waals surface area contributed by atoms with Crippen LogP contribution in [0.1, 0.15) is 33.6 Å². The van der Waals surface area contributed by atoms with Gasteiger partial charge in [-0.15, -0.1) is 0 Å². The SMILES string of the molecule is CNC1(CNC(=O)NC(C)(C)C)CCOCC1. The van der Waals surface area contributed by atoms with Gasteiger partial charge in [0.1, 0.15) is 0 Å². The minimum atomic E-state index is -0.202. The van der Waals surface area contributed by atoms with E-state index < -0.39 is 0 Å². The maximum atomic E-state index is 11.7. The van der Waals surface area contributed by atoms with Crippen molar-refractivity contribution in [1.82, 2.24) is 16.0 Å². The number of nitrogens with one attached hydrogen (secondary N) is 3. The van der Waals surface area contributed by atoms with Gasteiger partial charge in [-0.05, 0) is 40.7 Å². The molecule has 1 aliphatic heterocycles. The van der Waals surface area contributed by atoms with E-state index in [0.717, 1.165) is 26.1 Å². The highest BCUT2D eigenvalue weighted by Crippen LogP contribution is 2.19. The first kappa shape index (κ1) is 14.3. The molecule has 0 unspecified atom stereocenters. The molecular formula is C12H25N3O2. The van der Waals surface area contributed by atoms with Crippen molar-refractivity contribution in [2.45, 2.75) is 44.7 Å². The number of carbonyl (C=O) groups is 1. The monoisotopic (exact) mass is 243 g/mol. The number of ether oxygens (including phenoxy) is 1. The number of urea groups is 1. The van der Waals surface area contributed by atoms with Crippen LogP contribution in [0.5, 0.6) is 0 Å². The molecular weight excluding hydrogens is 218 g/mol. The predicted molar refractivity (Wildman–Crippen MR) is 68.1 cm³/mol. The van der Waals surface area contributed by atoms with Crippen LogP contribution in [0.3, 0.4) is 0 Å². The van der Waals surface area contributed by atoms with Gasteiger partial charge in [-0.25, -0.2) is 4.79 Å². The first-order valence-electron chi connectivity index (χ1n) is 6.20. The molecule has 100 valence electrons. The number of rotatable bonds is 3. The summed E-state index contributed by atoms with van der Waals surface area (Å²) in [6, 6.07) is -0.112. The van der Waals surface area contributed by atoms with E-state index in [1.807, 2.05) is 27.8 Å². The van der Waals surface area contributed by atoms with Crippen molar-refractivity contribution >= 4 is 6.03 Å². The van der Waals surface area contributed by atoms with Gasteiger partial charge in [0.15, 0.2) is 0 Å². The van der Waals surface area contributed by atoms with Gasteiger partial charge in [-0.3, -0.25) is 0 Å². The second-order valence-electron chi connectivity index (χ2n) is 5.70. The summed E-state index contributed by atoms with van der Waals surface area (Å²) >= 11 is 0. The van der Waals surface area contributed by atoms with Crippen LogP contribution in [-0.4, -0.2) is 43.9 Å². The Hall–Kier alpha value is -0.810. The number of amides is 2. The lowest BCUT2D eigenvalue weighted by molar-refractivity contribution is 0.0420. The largest absolute Gasteiger partial charge is 0.381 e. The number of likely N-dealkylation sites (N-methyl/N-ethyl adjacent to an activating group) is 1. The van der Waals surface area contributed by atoms with E-state index in [4.69, 9.17) is 4.74 Å². The molecule has 3 N–H and O–H groups in total. The van der Waals surface area contributed by atoms with Crippen LogP contribution in [0.25, 0.3) is 0 Å². The molecule has 0 saturated carbocycles. The van der Waals surface area contributed by atoms with E-state index in [0.29, 0.717) is 6.54 Å². The molecule has 1 aliphatic rings. The Bertz CT molecular complexity index is 255. The first-order chi connectivity index (χ1) is 7.87. The Balaban J connectivity index is 2.39. The van der Waals surface area contributed by atoms with Crippen LogP contribution < -0.4 is 16.0 Å². The zero-order chi connectivity index (χ0) is 12.9. The third kappa shape index (κ3) is 4.91. The molecule has 1 saturated heterocycles. The van der Waals surface area contributed by atoms with Gasteiger partial charge in [0.05, 0.1) is 0 Å². The summed E-state index contributed by atoms with van der Waals surface area (Å²) in [6.07, 6.45) is 1.86. The predicted octanol–water partition coefficient (Wildman–Crippen LogP) is 0.853. The van der Waals surface area contributed by atoms with Gasteiger partial charge < -0.3 is 20.7 Å². The van der Waals surface area contributed by atoms with E-state index >= 15 is 0 Å². The quantitative estimate of drug-likeness (QED) is 0.689. The fourth-order valence-electron chi connectivity index (χ4n) is 1.91. The summed E-state index contributed by atoms with van der Waals surface area (Å²) < 4.78 is 5.35. The van der Waals surface area contributed by atoms with Gasteiger partial charge >= 0.3 is 6.03 Å². The van der Waals surface area contributed by atoms with Crippen LogP contribution >= 0.6 is 0 Å². The van der Waals surface area contributed by atoms with Gasteiger partial charge in [-0.1, -0.05) is 0 Å². The molecule has 17 heavy (non-hydrogen) atoms. The van der Waals surface area contributed by atoms with E-state index in [1.54, 1.807) is 0 Å². The third-order valence-corrected chi connectivity index (χ3v) is 3.06. The lowest BCUT2D eigenvalue weighted by Gasteiger charge is -2.37. The lowest BCUT2D eigenvalue weighted by Crippen LogP contribution is -2.57. The Morgan fingerprint density at radius 2 is 1.88 bits per heavy atom. The fraction of sp³-hybridized carbons (Fsp3) is 0.917. The van der Waals surface area contributed by atoms with Crippen LogP contribution in [0.2, 0.25) is 0 Å². The topological polar surface area (TPSA) is 62.4 Å². The molecule has 2 amide bonds. The molecule has 0 aliphatic carbocycles.